The van der Waals surface area contributed by atoms with E-state index in [-0.39, 0.29) is 25.3 Å². The molecule has 0 amide bonds. The Morgan fingerprint density at radius 2 is 1.57 bits per heavy atom. The van der Waals surface area contributed by atoms with Crippen LogP contribution in [0.5, 0.6) is 23.0 Å². The fraction of sp³-hybridized carbons (Fsp3) is 0.364. The molecule has 1 fully saturated rings. The summed E-state index contributed by atoms with van der Waals surface area (Å²) in [6.07, 6.45) is 3.04. The van der Waals surface area contributed by atoms with Crippen LogP contribution in [0.15, 0.2) is 66.7 Å². The summed E-state index contributed by atoms with van der Waals surface area (Å²) in [5.74, 6) is 2.62. The summed E-state index contributed by atoms with van der Waals surface area (Å²) in [6, 6.07) is 21.7. The molecule has 210 valence electrons. The summed E-state index contributed by atoms with van der Waals surface area (Å²) in [7, 11) is 0. The van der Waals surface area contributed by atoms with E-state index >= 15 is 0 Å². The van der Waals surface area contributed by atoms with Gasteiger partial charge in [0.05, 0.1) is 5.92 Å². The van der Waals surface area contributed by atoms with Crippen LogP contribution in [0.3, 0.4) is 0 Å². The van der Waals surface area contributed by atoms with E-state index in [1.165, 1.54) is 0 Å². The van der Waals surface area contributed by atoms with Gasteiger partial charge in [-0.1, -0.05) is 44.2 Å². The molecule has 1 atom stereocenters. The number of hydrogen-bond acceptors (Lipinski definition) is 7. The molecule has 1 heterocycles. The quantitative estimate of drug-likeness (QED) is 0.121. The predicted molar refractivity (Wildman–Crippen MR) is 155 cm³/mol. The van der Waals surface area contributed by atoms with E-state index in [9.17, 15) is 9.90 Å². The lowest BCUT2D eigenvalue weighted by atomic mass is 9.88. The van der Waals surface area contributed by atoms with Gasteiger partial charge in [0, 0.05) is 6.54 Å². The van der Waals surface area contributed by atoms with E-state index in [4.69, 9.17) is 18.9 Å². The number of allylic oxidation sites excluding steroid dienone is 1. The van der Waals surface area contributed by atoms with Crippen LogP contribution in [0.25, 0.3) is 11.1 Å². The van der Waals surface area contributed by atoms with Crippen molar-refractivity contribution >= 4 is 17.1 Å². The van der Waals surface area contributed by atoms with Gasteiger partial charge in [-0.25, -0.2) is 0 Å². The van der Waals surface area contributed by atoms with Gasteiger partial charge in [-0.3, -0.25) is 4.79 Å². The van der Waals surface area contributed by atoms with Gasteiger partial charge in [-0.15, -0.1) is 0 Å². The Hall–Kier alpha value is -3.81. The van der Waals surface area contributed by atoms with Crippen molar-refractivity contribution in [1.29, 1.82) is 0 Å². The summed E-state index contributed by atoms with van der Waals surface area (Å²) in [4.78, 5) is 12.2. The summed E-state index contributed by atoms with van der Waals surface area (Å²) in [6.45, 7) is 6.04. The van der Waals surface area contributed by atoms with E-state index in [0.717, 1.165) is 71.6 Å². The summed E-state index contributed by atoms with van der Waals surface area (Å²) < 4.78 is 22.6. The van der Waals surface area contributed by atoms with Crippen LogP contribution in [0.4, 0.5) is 0 Å². The Labute approximate surface area is 235 Å². The van der Waals surface area contributed by atoms with Crippen molar-refractivity contribution in [2.24, 2.45) is 5.92 Å². The van der Waals surface area contributed by atoms with Gasteiger partial charge in [0.2, 0.25) is 6.79 Å². The molecule has 3 aromatic carbocycles. The number of ether oxygens (including phenoxy) is 4. The first-order valence-corrected chi connectivity index (χ1v) is 14.1. The third-order valence-electron chi connectivity index (χ3n) is 7.04. The molecule has 7 nitrogen and oxygen atoms in total. The maximum absolute atomic E-state index is 12.2. The molecule has 1 unspecified atom stereocenters. The molecule has 0 spiro atoms. The van der Waals surface area contributed by atoms with Gasteiger partial charge < -0.3 is 29.4 Å². The SMILES string of the molecule is CCCNCC(O)COc1ccc(/C(=C(/CC)c2ccc3c(c2)OCO3)c2ccc(OC(=O)C3CC3)cc2)cc1. The van der Waals surface area contributed by atoms with E-state index < -0.39 is 6.10 Å². The van der Waals surface area contributed by atoms with E-state index in [1.807, 2.05) is 60.7 Å². The Bertz CT molecular complexity index is 1330. The second kappa shape index (κ2) is 13.0. The number of nitrogens with one attached hydrogen (secondary N) is 1. The summed E-state index contributed by atoms with van der Waals surface area (Å²) >= 11 is 0. The third kappa shape index (κ3) is 6.84. The van der Waals surface area contributed by atoms with Crippen LogP contribution in [-0.4, -0.2) is 43.7 Å². The van der Waals surface area contributed by atoms with E-state index in [1.54, 1.807) is 0 Å². The lowest BCUT2D eigenvalue weighted by molar-refractivity contribution is -0.135. The van der Waals surface area contributed by atoms with Crippen LogP contribution in [-0.2, 0) is 4.79 Å². The number of rotatable bonds is 13. The molecule has 1 aliphatic carbocycles. The molecule has 0 aromatic heterocycles. The molecule has 1 aliphatic heterocycles. The summed E-state index contributed by atoms with van der Waals surface area (Å²) in [5.41, 5.74) is 5.29. The Balaban J connectivity index is 1.43. The molecule has 2 N–H and O–H groups in total. The lowest BCUT2D eigenvalue weighted by Gasteiger charge is -2.18. The van der Waals surface area contributed by atoms with Crippen LogP contribution in [0.2, 0.25) is 0 Å². The number of fused-ring (bicyclic) bond motifs is 1. The molecule has 5 rings (SSSR count). The molecule has 0 bridgehead atoms. The molecular weight excluding hydrogens is 506 g/mol. The minimum atomic E-state index is -0.577. The molecule has 7 heteroatoms. The van der Waals surface area contributed by atoms with Crippen molar-refractivity contribution in [3.63, 3.8) is 0 Å². The van der Waals surface area contributed by atoms with Crippen molar-refractivity contribution in [3.8, 4) is 23.0 Å². The van der Waals surface area contributed by atoms with Gasteiger partial charge in [-0.05, 0) is 96.5 Å². The monoisotopic (exact) mass is 543 g/mol. The average molecular weight is 544 g/mol. The first kappa shape index (κ1) is 27.7. The molecule has 1 saturated carbocycles. The largest absolute Gasteiger partial charge is 0.491 e. The van der Waals surface area contributed by atoms with Crippen LogP contribution in [0, 0.1) is 5.92 Å². The number of carbonyl (C=O) groups is 1. The second-order valence-electron chi connectivity index (χ2n) is 10.2. The normalized spacial score (nSPS) is 15.4. The zero-order valence-corrected chi connectivity index (χ0v) is 23.2. The molecule has 3 aromatic rings. The highest BCUT2D eigenvalue weighted by molar-refractivity contribution is 5.99. The fourth-order valence-corrected chi connectivity index (χ4v) is 4.75. The number of hydrogen-bond donors (Lipinski definition) is 2. The van der Waals surface area contributed by atoms with Crippen molar-refractivity contribution < 1.29 is 28.8 Å². The number of esters is 1. The Morgan fingerprint density at radius 3 is 2.23 bits per heavy atom. The standard InChI is InChI=1S/C33H37NO6/c1-3-17-34-19-26(35)20-37-27-12-7-22(8-13-27)32(23-9-14-28(15-10-23)40-33(36)24-5-6-24)29(4-2)25-11-16-30-31(18-25)39-21-38-30/h7-16,18,24,26,34-35H,3-6,17,19-21H2,1-2H3/b32-29+. The van der Waals surface area contributed by atoms with Crippen molar-refractivity contribution in [1.82, 2.24) is 5.32 Å². The number of aliphatic hydroxyl groups excluding tert-OH is 1. The number of aliphatic hydroxyl groups is 1. The highest BCUT2D eigenvalue weighted by Gasteiger charge is 2.31. The lowest BCUT2D eigenvalue weighted by Crippen LogP contribution is -2.31. The topological polar surface area (TPSA) is 86.2 Å². The highest BCUT2D eigenvalue weighted by Crippen LogP contribution is 2.40. The van der Waals surface area contributed by atoms with Gasteiger partial charge in [-0.2, -0.15) is 0 Å². The van der Waals surface area contributed by atoms with Gasteiger partial charge in [0.15, 0.2) is 11.5 Å². The van der Waals surface area contributed by atoms with Crippen LogP contribution in [0.1, 0.15) is 56.2 Å². The number of benzene rings is 3. The van der Waals surface area contributed by atoms with Gasteiger partial charge in [0.1, 0.15) is 24.2 Å². The molecule has 0 saturated heterocycles. The Kier molecular flexibility index (Phi) is 9.04. The molecular formula is C33H37NO6. The second-order valence-corrected chi connectivity index (χ2v) is 10.2. The van der Waals surface area contributed by atoms with Crippen molar-refractivity contribution in [2.45, 2.75) is 45.6 Å². The van der Waals surface area contributed by atoms with Gasteiger partial charge in [0.25, 0.3) is 0 Å². The third-order valence-corrected chi connectivity index (χ3v) is 7.04. The average Bonchev–Trinajstić information content (AvgIpc) is 3.73. The van der Waals surface area contributed by atoms with Crippen molar-refractivity contribution in [3.05, 3.63) is 83.4 Å². The fourth-order valence-electron chi connectivity index (χ4n) is 4.75. The molecule has 40 heavy (non-hydrogen) atoms. The Morgan fingerprint density at radius 1 is 0.925 bits per heavy atom. The molecule has 0 radical (unpaired) electrons. The maximum atomic E-state index is 12.2. The first-order valence-electron chi connectivity index (χ1n) is 14.1. The predicted octanol–water partition coefficient (Wildman–Crippen LogP) is 5.84. The maximum Gasteiger partial charge on any atom is 0.314 e. The number of carbonyl (C=O) groups excluding carboxylic acids is 1. The summed E-state index contributed by atoms with van der Waals surface area (Å²) in [5, 5.41) is 13.4. The zero-order valence-electron chi connectivity index (χ0n) is 23.2. The smallest absolute Gasteiger partial charge is 0.314 e. The zero-order chi connectivity index (χ0) is 27.9. The minimum Gasteiger partial charge on any atom is -0.491 e. The minimum absolute atomic E-state index is 0.0438. The molecule has 2 aliphatic rings. The van der Waals surface area contributed by atoms with E-state index in [2.05, 4.69) is 25.2 Å². The first-order chi connectivity index (χ1) is 19.6. The van der Waals surface area contributed by atoms with E-state index in [0.29, 0.717) is 18.0 Å². The van der Waals surface area contributed by atoms with Crippen molar-refractivity contribution in [2.75, 3.05) is 26.5 Å². The van der Waals surface area contributed by atoms with Gasteiger partial charge >= 0.3 is 5.97 Å². The van der Waals surface area contributed by atoms with Crippen LogP contribution < -0.4 is 24.3 Å². The highest BCUT2D eigenvalue weighted by atomic mass is 16.7. The van der Waals surface area contributed by atoms with Crippen LogP contribution >= 0.6 is 0 Å².